The Balaban J connectivity index is 2.45. The van der Waals surface area contributed by atoms with Crippen LogP contribution in [0.15, 0.2) is 48.5 Å². The van der Waals surface area contributed by atoms with Crippen LogP contribution < -0.4 is 9.62 Å². The van der Waals surface area contributed by atoms with E-state index in [4.69, 9.17) is 11.6 Å². The lowest BCUT2D eigenvalue weighted by Crippen LogP contribution is -2.52. The second kappa shape index (κ2) is 12.0. The van der Waals surface area contributed by atoms with Crippen LogP contribution in [-0.4, -0.2) is 50.0 Å². The lowest BCUT2D eigenvalue weighted by Gasteiger charge is -2.32. The molecule has 0 aromatic heterocycles. The minimum absolute atomic E-state index is 0.0131. The van der Waals surface area contributed by atoms with Crippen molar-refractivity contribution in [3.05, 3.63) is 64.7 Å². The summed E-state index contributed by atoms with van der Waals surface area (Å²) in [5.74, 6) is -1.20. The third-order valence-corrected chi connectivity index (χ3v) is 7.06. The molecule has 0 fully saturated rings. The number of sulfonamides is 1. The molecule has 0 aliphatic heterocycles. The molecule has 2 aromatic carbocycles. The second-order valence-electron chi connectivity index (χ2n) is 8.43. The first-order valence-electron chi connectivity index (χ1n) is 11.1. The van der Waals surface area contributed by atoms with Gasteiger partial charge in [-0.25, -0.2) is 8.42 Å². The highest BCUT2D eigenvalue weighted by Gasteiger charge is 2.35. The molecule has 0 saturated carbocycles. The van der Waals surface area contributed by atoms with E-state index >= 15 is 0 Å². The van der Waals surface area contributed by atoms with Gasteiger partial charge in [0.15, 0.2) is 0 Å². The van der Waals surface area contributed by atoms with Gasteiger partial charge in [0.1, 0.15) is 12.6 Å². The van der Waals surface area contributed by atoms with Gasteiger partial charge in [-0.3, -0.25) is 13.9 Å². The third-order valence-electron chi connectivity index (χ3n) is 5.59. The highest BCUT2D eigenvalue weighted by atomic mass is 35.5. The fraction of sp³-hybridized carbons (Fsp3) is 0.417. The summed E-state index contributed by atoms with van der Waals surface area (Å²) in [4.78, 5) is 27.4. The Labute approximate surface area is 214 Å². The molecule has 1 N–H and O–H groups in total. The minimum atomic E-state index is -4.83. The number of rotatable bonds is 10. The molecule has 2 aromatic rings. The van der Waals surface area contributed by atoms with Crippen molar-refractivity contribution in [2.24, 2.45) is 0 Å². The molecule has 0 saturated heterocycles. The van der Waals surface area contributed by atoms with Crippen molar-refractivity contribution < 1.29 is 31.2 Å². The molecule has 0 heterocycles. The Bertz CT molecular complexity index is 1180. The number of nitrogens with zero attached hydrogens (tertiary/aromatic N) is 2. The maximum Gasteiger partial charge on any atom is 0.417 e. The number of halogens is 4. The zero-order chi connectivity index (χ0) is 27.3. The number of amides is 2. The first-order valence-corrected chi connectivity index (χ1v) is 13.4. The van der Waals surface area contributed by atoms with E-state index < -0.39 is 51.2 Å². The lowest BCUT2D eigenvalue weighted by atomic mass is 10.1. The van der Waals surface area contributed by atoms with Crippen LogP contribution in [0.4, 0.5) is 18.9 Å². The van der Waals surface area contributed by atoms with Gasteiger partial charge in [-0.2, -0.15) is 13.2 Å². The number of hydrogen-bond donors (Lipinski definition) is 1. The number of carbonyl (C=O) groups excluding carboxylic acids is 2. The van der Waals surface area contributed by atoms with E-state index in [1.807, 2.05) is 6.92 Å². The summed E-state index contributed by atoms with van der Waals surface area (Å²) in [6, 6.07) is 10.2. The SMILES string of the molecule is CC[C@@H](C)NC(=O)[C@H](C)N(Cc1ccccc1)C(=O)CN(c1ccc(Cl)c(C(F)(F)F)c1)S(C)(=O)=O. The van der Waals surface area contributed by atoms with Gasteiger partial charge >= 0.3 is 6.18 Å². The maximum atomic E-state index is 13.4. The predicted molar refractivity (Wildman–Crippen MR) is 133 cm³/mol. The number of carbonyl (C=O) groups is 2. The second-order valence-corrected chi connectivity index (χ2v) is 10.7. The highest BCUT2D eigenvalue weighted by Crippen LogP contribution is 2.37. The summed E-state index contributed by atoms with van der Waals surface area (Å²) >= 11 is 5.67. The van der Waals surface area contributed by atoms with Crippen LogP contribution in [0.3, 0.4) is 0 Å². The van der Waals surface area contributed by atoms with Crippen LogP contribution in [-0.2, 0) is 32.3 Å². The normalized spacial score (nSPS) is 13.6. The molecule has 0 unspecified atom stereocenters. The number of anilines is 1. The fourth-order valence-corrected chi connectivity index (χ4v) is 4.39. The standard InChI is InChI=1S/C24H29ClF3N3O4S/c1-5-16(2)29-23(33)17(3)30(14-18-9-7-6-8-10-18)22(32)15-31(36(4,34)35)19-11-12-21(25)20(13-19)24(26,27)28/h6-13,16-17H,5,14-15H2,1-4H3,(H,29,33)/t16-,17+/m1/s1. The van der Waals surface area contributed by atoms with Gasteiger partial charge in [0.05, 0.1) is 22.5 Å². The van der Waals surface area contributed by atoms with Gasteiger partial charge in [0.2, 0.25) is 21.8 Å². The molecule has 2 rings (SSSR count). The Kier molecular flexibility index (Phi) is 9.78. The predicted octanol–water partition coefficient (Wildman–Crippen LogP) is 4.46. The average Bonchev–Trinajstić information content (AvgIpc) is 2.80. The van der Waals surface area contributed by atoms with Gasteiger partial charge in [-0.15, -0.1) is 0 Å². The summed E-state index contributed by atoms with van der Waals surface area (Å²) in [5, 5.41) is 2.19. The smallest absolute Gasteiger partial charge is 0.352 e. The van der Waals surface area contributed by atoms with E-state index in [0.29, 0.717) is 22.4 Å². The molecule has 2 amide bonds. The summed E-state index contributed by atoms with van der Waals surface area (Å²) in [5.41, 5.74) is -0.921. The molecule has 0 bridgehead atoms. The molecule has 7 nitrogen and oxygen atoms in total. The first kappa shape index (κ1) is 29.4. The zero-order valence-corrected chi connectivity index (χ0v) is 21.9. The van der Waals surface area contributed by atoms with Crippen LogP contribution in [0.25, 0.3) is 0 Å². The highest BCUT2D eigenvalue weighted by molar-refractivity contribution is 7.92. The van der Waals surface area contributed by atoms with Crippen molar-refractivity contribution in [2.45, 2.75) is 52.0 Å². The van der Waals surface area contributed by atoms with Crippen molar-refractivity contribution in [1.82, 2.24) is 10.2 Å². The molecule has 198 valence electrons. The molecule has 0 spiro atoms. The van der Waals surface area contributed by atoms with Crippen LogP contribution in [0.1, 0.15) is 38.3 Å². The van der Waals surface area contributed by atoms with Crippen molar-refractivity contribution in [3.63, 3.8) is 0 Å². The summed E-state index contributed by atoms with van der Waals surface area (Å²) in [6.07, 6.45) is -3.39. The first-order chi connectivity index (χ1) is 16.6. The number of alkyl halides is 3. The summed E-state index contributed by atoms with van der Waals surface area (Å²) < 4.78 is 65.8. The fourth-order valence-electron chi connectivity index (χ4n) is 3.33. The monoisotopic (exact) mass is 547 g/mol. The molecular weight excluding hydrogens is 519 g/mol. The average molecular weight is 548 g/mol. The Morgan fingerprint density at radius 3 is 2.22 bits per heavy atom. The van der Waals surface area contributed by atoms with Crippen molar-refractivity contribution in [3.8, 4) is 0 Å². The molecule has 0 aliphatic carbocycles. The van der Waals surface area contributed by atoms with E-state index in [-0.39, 0.29) is 18.3 Å². The minimum Gasteiger partial charge on any atom is -0.352 e. The van der Waals surface area contributed by atoms with Crippen LogP contribution in [0.5, 0.6) is 0 Å². The van der Waals surface area contributed by atoms with Crippen molar-refractivity contribution in [2.75, 3.05) is 17.1 Å². The summed E-state index contributed by atoms with van der Waals surface area (Å²) in [6.45, 7) is 4.37. The van der Waals surface area contributed by atoms with E-state index in [0.717, 1.165) is 18.4 Å². The molecule has 0 aliphatic rings. The number of nitrogens with one attached hydrogen (secondary N) is 1. The lowest BCUT2D eigenvalue weighted by molar-refractivity contribution is -0.139. The Morgan fingerprint density at radius 1 is 1.08 bits per heavy atom. The van der Waals surface area contributed by atoms with E-state index in [9.17, 15) is 31.2 Å². The van der Waals surface area contributed by atoms with Gasteiger partial charge in [0.25, 0.3) is 0 Å². The van der Waals surface area contributed by atoms with E-state index in [1.54, 1.807) is 37.3 Å². The van der Waals surface area contributed by atoms with Crippen molar-refractivity contribution in [1.29, 1.82) is 0 Å². The summed E-state index contributed by atoms with van der Waals surface area (Å²) in [7, 11) is -4.19. The topological polar surface area (TPSA) is 86.8 Å². The van der Waals surface area contributed by atoms with Crippen LogP contribution >= 0.6 is 11.6 Å². The van der Waals surface area contributed by atoms with Gasteiger partial charge in [-0.05, 0) is 44.0 Å². The van der Waals surface area contributed by atoms with Gasteiger partial charge in [0, 0.05) is 12.6 Å². The Morgan fingerprint density at radius 2 is 1.69 bits per heavy atom. The molecule has 0 radical (unpaired) electrons. The molecule has 12 heteroatoms. The molecule has 2 atom stereocenters. The van der Waals surface area contributed by atoms with E-state index in [1.165, 1.54) is 11.8 Å². The maximum absolute atomic E-state index is 13.4. The zero-order valence-electron chi connectivity index (χ0n) is 20.3. The number of benzene rings is 2. The van der Waals surface area contributed by atoms with E-state index in [2.05, 4.69) is 5.32 Å². The van der Waals surface area contributed by atoms with Crippen LogP contribution in [0, 0.1) is 0 Å². The molecule has 36 heavy (non-hydrogen) atoms. The Hall–Kier alpha value is -2.79. The van der Waals surface area contributed by atoms with Gasteiger partial charge in [-0.1, -0.05) is 48.9 Å². The third kappa shape index (κ3) is 7.86. The quantitative estimate of drug-likeness (QED) is 0.476. The van der Waals surface area contributed by atoms with Crippen LogP contribution in [0.2, 0.25) is 5.02 Å². The van der Waals surface area contributed by atoms with Gasteiger partial charge < -0.3 is 10.2 Å². The molecular formula is C24H29ClF3N3O4S. The largest absolute Gasteiger partial charge is 0.417 e. The number of hydrogen-bond acceptors (Lipinski definition) is 4. The van der Waals surface area contributed by atoms with Crippen molar-refractivity contribution >= 4 is 39.1 Å².